The van der Waals surface area contributed by atoms with Crippen LogP contribution < -0.4 is 5.32 Å². The Bertz CT molecular complexity index is 773. The highest BCUT2D eigenvalue weighted by atomic mass is 16.2. The number of nitrogens with zero attached hydrogens (tertiary/aromatic N) is 1. The molecule has 0 unspecified atom stereocenters. The summed E-state index contributed by atoms with van der Waals surface area (Å²) in [5.74, 6) is -0.106. The Balaban J connectivity index is 2.26. The van der Waals surface area contributed by atoms with Crippen molar-refractivity contribution in [1.29, 1.82) is 0 Å². The van der Waals surface area contributed by atoms with Crippen molar-refractivity contribution in [3.63, 3.8) is 0 Å². The van der Waals surface area contributed by atoms with Gasteiger partial charge in [0.25, 0.3) is 0 Å². The molecule has 0 aliphatic heterocycles. The van der Waals surface area contributed by atoms with Crippen molar-refractivity contribution in [2.24, 2.45) is 0 Å². The van der Waals surface area contributed by atoms with Gasteiger partial charge in [-0.3, -0.25) is 9.59 Å². The Morgan fingerprint density at radius 1 is 0.964 bits per heavy atom. The van der Waals surface area contributed by atoms with E-state index in [4.69, 9.17) is 0 Å². The van der Waals surface area contributed by atoms with Gasteiger partial charge in [-0.1, -0.05) is 74.0 Å². The van der Waals surface area contributed by atoms with Gasteiger partial charge in [-0.25, -0.2) is 0 Å². The smallest absolute Gasteiger partial charge is 0.243 e. The minimum absolute atomic E-state index is 0.0272. The minimum atomic E-state index is -0.480. The molecule has 28 heavy (non-hydrogen) atoms. The summed E-state index contributed by atoms with van der Waals surface area (Å²) in [6.07, 6.45) is 1.73. The molecule has 1 N–H and O–H groups in total. The maximum absolute atomic E-state index is 13.2. The van der Waals surface area contributed by atoms with E-state index in [1.54, 1.807) is 4.90 Å². The average Bonchev–Trinajstić information content (AvgIpc) is 2.68. The molecule has 0 aliphatic carbocycles. The summed E-state index contributed by atoms with van der Waals surface area (Å²) in [6.45, 7) is 8.43. The largest absolute Gasteiger partial charge is 0.352 e. The number of hydrogen-bond donors (Lipinski definition) is 1. The summed E-state index contributed by atoms with van der Waals surface area (Å²) in [5.41, 5.74) is 3.12. The van der Waals surface area contributed by atoms with E-state index in [1.807, 2.05) is 82.3 Å². The summed E-state index contributed by atoms with van der Waals surface area (Å²) in [4.78, 5) is 27.8. The van der Waals surface area contributed by atoms with Crippen LogP contribution in [0.4, 0.5) is 0 Å². The Morgan fingerprint density at radius 3 is 2.25 bits per heavy atom. The lowest BCUT2D eigenvalue weighted by molar-refractivity contribution is -0.141. The second-order valence-corrected chi connectivity index (χ2v) is 7.41. The molecule has 2 rings (SSSR count). The molecule has 0 aromatic heterocycles. The van der Waals surface area contributed by atoms with Crippen LogP contribution in [0, 0.1) is 6.92 Å². The first-order valence-corrected chi connectivity index (χ1v) is 10.1. The van der Waals surface area contributed by atoms with Gasteiger partial charge in [0.1, 0.15) is 6.04 Å². The number of hydrogen-bond acceptors (Lipinski definition) is 2. The zero-order valence-electron chi connectivity index (χ0n) is 17.4. The third kappa shape index (κ3) is 6.22. The quantitative estimate of drug-likeness (QED) is 0.707. The van der Waals surface area contributed by atoms with Crippen molar-refractivity contribution < 1.29 is 9.59 Å². The molecule has 0 spiro atoms. The van der Waals surface area contributed by atoms with Crippen molar-refractivity contribution in [1.82, 2.24) is 10.2 Å². The van der Waals surface area contributed by atoms with E-state index in [0.717, 1.165) is 23.1 Å². The first kappa shape index (κ1) is 21.7. The first-order chi connectivity index (χ1) is 13.4. The van der Waals surface area contributed by atoms with E-state index in [-0.39, 0.29) is 17.9 Å². The van der Waals surface area contributed by atoms with Gasteiger partial charge >= 0.3 is 0 Å². The standard InChI is InChI=1S/C24H32N2O2/c1-5-19(4)25-24(28)22(6-2)26(17-20-12-8-7-9-13-20)23(27)16-21-14-10-11-18(3)15-21/h7-15,19,22H,5-6,16-17H2,1-4H3,(H,25,28)/t19-,22+/m1/s1. The van der Waals surface area contributed by atoms with Gasteiger partial charge in [0.2, 0.25) is 11.8 Å². The molecular weight excluding hydrogens is 348 g/mol. The Kier molecular flexibility index (Phi) is 8.24. The van der Waals surface area contributed by atoms with E-state index in [0.29, 0.717) is 19.4 Å². The minimum Gasteiger partial charge on any atom is -0.352 e. The monoisotopic (exact) mass is 380 g/mol. The average molecular weight is 381 g/mol. The molecule has 0 heterocycles. The van der Waals surface area contributed by atoms with Crippen LogP contribution in [0.25, 0.3) is 0 Å². The van der Waals surface area contributed by atoms with E-state index in [9.17, 15) is 9.59 Å². The summed E-state index contributed by atoms with van der Waals surface area (Å²) >= 11 is 0. The third-order valence-corrected chi connectivity index (χ3v) is 5.02. The lowest BCUT2D eigenvalue weighted by Crippen LogP contribution is -2.51. The number of nitrogens with one attached hydrogen (secondary N) is 1. The van der Waals surface area contributed by atoms with Crippen molar-refractivity contribution in [3.8, 4) is 0 Å². The first-order valence-electron chi connectivity index (χ1n) is 10.1. The van der Waals surface area contributed by atoms with Crippen molar-refractivity contribution >= 4 is 11.8 Å². The van der Waals surface area contributed by atoms with Crippen molar-refractivity contribution in [3.05, 3.63) is 71.3 Å². The lowest BCUT2D eigenvalue weighted by Gasteiger charge is -2.31. The zero-order valence-corrected chi connectivity index (χ0v) is 17.4. The normalized spacial score (nSPS) is 12.9. The number of carbonyl (C=O) groups excluding carboxylic acids is 2. The maximum atomic E-state index is 13.2. The van der Waals surface area contributed by atoms with Gasteiger partial charge in [0.15, 0.2) is 0 Å². The number of rotatable bonds is 9. The molecule has 0 bridgehead atoms. The molecule has 4 heteroatoms. The Labute approximate surface area is 169 Å². The van der Waals surface area contributed by atoms with Gasteiger partial charge < -0.3 is 10.2 Å². The van der Waals surface area contributed by atoms with Crippen molar-refractivity contribution in [2.75, 3.05) is 0 Å². The Morgan fingerprint density at radius 2 is 1.64 bits per heavy atom. The number of benzene rings is 2. The molecule has 0 fully saturated rings. The predicted octanol–water partition coefficient (Wildman–Crippen LogP) is 4.26. The fraction of sp³-hybridized carbons (Fsp3) is 0.417. The summed E-state index contributed by atoms with van der Waals surface area (Å²) < 4.78 is 0. The van der Waals surface area contributed by atoms with Gasteiger partial charge in [-0.2, -0.15) is 0 Å². The van der Waals surface area contributed by atoms with Crippen LogP contribution in [0.2, 0.25) is 0 Å². The molecule has 0 radical (unpaired) electrons. The van der Waals surface area contributed by atoms with E-state index >= 15 is 0 Å². The SMILES string of the molecule is CC[C@@H](C)NC(=O)[C@H](CC)N(Cc1ccccc1)C(=O)Cc1cccc(C)c1. The predicted molar refractivity (Wildman–Crippen MR) is 114 cm³/mol. The van der Waals surface area contributed by atoms with Crippen LogP contribution >= 0.6 is 0 Å². The van der Waals surface area contributed by atoms with E-state index < -0.39 is 6.04 Å². The highest BCUT2D eigenvalue weighted by molar-refractivity contribution is 5.88. The third-order valence-electron chi connectivity index (χ3n) is 5.02. The van der Waals surface area contributed by atoms with Crippen LogP contribution in [0.1, 0.15) is 50.3 Å². The lowest BCUT2D eigenvalue weighted by atomic mass is 10.0. The molecule has 2 aromatic carbocycles. The zero-order chi connectivity index (χ0) is 20.5. The Hall–Kier alpha value is -2.62. The molecule has 2 atom stereocenters. The van der Waals surface area contributed by atoms with E-state index in [2.05, 4.69) is 5.32 Å². The summed E-state index contributed by atoms with van der Waals surface area (Å²) in [7, 11) is 0. The maximum Gasteiger partial charge on any atom is 0.243 e. The fourth-order valence-electron chi connectivity index (χ4n) is 3.24. The fourth-order valence-corrected chi connectivity index (χ4v) is 3.24. The molecule has 0 aliphatic rings. The molecule has 2 amide bonds. The van der Waals surface area contributed by atoms with Crippen LogP contribution in [0.15, 0.2) is 54.6 Å². The van der Waals surface area contributed by atoms with Crippen molar-refractivity contribution in [2.45, 2.75) is 65.6 Å². The highest BCUT2D eigenvalue weighted by Crippen LogP contribution is 2.15. The molecular formula is C24H32N2O2. The van der Waals surface area contributed by atoms with E-state index in [1.165, 1.54) is 0 Å². The van der Waals surface area contributed by atoms with Gasteiger partial charge in [-0.05, 0) is 37.8 Å². The second-order valence-electron chi connectivity index (χ2n) is 7.41. The second kappa shape index (κ2) is 10.6. The van der Waals surface area contributed by atoms with Gasteiger partial charge in [-0.15, -0.1) is 0 Å². The molecule has 4 nitrogen and oxygen atoms in total. The number of carbonyl (C=O) groups is 2. The number of aryl methyl sites for hydroxylation is 1. The summed E-state index contributed by atoms with van der Waals surface area (Å²) in [6, 6.07) is 17.4. The van der Waals surface area contributed by atoms with Crippen LogP contribution in [-0.2, 0) is 22.6 Å². The van der Waals surface area contributed by atoms with Gasteiger partial charge in [0, 0.05) is 12.6 Å². The molecule has 150 valence electrons. The molecule has 2 aromatic rings. The van der Waals surface area contributed by atoms with Crippen LogP contribution in [-0.4, -0.2) is 28.8 Å². The van der Waals surface area contributed by atoms with Crippen LogP contribution in [0.3, 0.4) is 0 Å². The van der Waals surface area contributed by atoms with Gasteiger partial charge in [0.05, 0.1) is 6.42 Å². The molecule has 0 saturated heterocycles. The summed E-state index contributed by atoms with van der Waals surface area (Å²) in [5, 5.41) is 3.04. The number of amides is 2. The van der Waals surface area contributed by atoms with Crippen LogP contribution in [0.5, 0.6) is 0 Å². The molecule has 0 saturated carbocycles. The highest BCUT2D eigenvalue weighted by Gasteiger charge is 2.29. The topological polar surface area (TPSA) is 49.4 Å².